The second-order valence-electron chi connectivity index (χ2n) is 7.70. The van der Waals surface area contributed by atoms with Crippen molar-refractivity contribution in [3.63, 3.8) is 0 Å². The summed E-state index contributed by atoms with van der Waals surface area (Å²) in [6.45, 7) is 1.43. The van der Waals surface area contributed by atoms with Gasteiger partial charge >= 0.3 is 0 Å². The van der Waals surface area contributed by atoms with Crippen LogP contribution in [0.15, 0.2) is 36.4 Å². The Morgan fingerprint density at radius 1 is 1.23 bits per heavy atom. The van der Waals surface area contributed by atoms with E-state index in [0.717, 1.165) is 16.7 Å². The van der Waals surface area contributed by atoms with Crippen LogP contribution in [-0.4, -0.2) is 57.1 Å². The van der Waals surface area contributed by atoms with Crippen molar-refractivity contribution in [3.8, 4) is 11.1 Å². The molecule has 1 fully saturated rings. The van der Waals surface area contributed by atoms with Gasteiger partial charge < -0.3 is 19.6 Å². The van der Waals surface area contributed by atoms with Crippen LogP contribution in [0.4, 0.5) is 16.0 Å². The lowest BCUT2D eigenvalue weighted by atomic mass is 9.99. The minimum absolute atomic E-state index is 0.197. The molecule has 0 saturated carbocycles. The lowest BCUT2D eigenvalue weighted by molar-refractivity contribution is -0.117. The van der Waals surface area contributed by atoms with Crippen LogP contribution in [-0.2, 0) is 29.7 Å². The first-order chi connectivity index (χ1) is 15.1. The van der Waals surface area contributed by atoms with Crippen molar-refractivity contribution in [2.75, 3.05) is 23.0 Å². The molecule has 0 amide bonds. The highest BCUT2D eigenvalue weighted by Gasteiger charge is 2.32. The number of aromatic nitrogens is 4. The Morgan fingerprint density at radius 2 is 2.06 bits per heavy atom. The largest absolute Gasteiger partial charge is 0.394 e. The molecule has 0 spiro atoms. The van der Waals surface area contributed by atoms with E-state index in [4.69, 9.17) is 4.74 Å². The first-order valence-corrected chi connectivity index (χ1v) is 9.94. The third-order valence-electron chi connectivity index (χ3n) is 5.66. The number of tetrazole rings is 1. The minimum atomic E-state index is -0.830. The van der Waals surface area contributed by atoms with Crippen LogP contribution in [0.2, 0.25) is 0 Å². The smallest absolute Gasteiger partial charge is 0.266 e. The third-order valence-corrected chi connectivity index (χ3v) is 5.66. The molecule has 5 rings (SSSR count). The molecule has 3 aromatic rings. The Labute approximate surface area is 177 Å². The molecule has 2 aliphatic rings. The molecular formula is C21H21FN6O3. The fourth-order valence-corrected chi connectivity index (χ4v) is 4.12. The van der Waals surface area contributed by atoms with Crippen LogP contribution in [0.3, 0.4) is 0 Å². The molecule has 2 aliphatic heterocycles. The van der Waals surface area contributed by atoms with Gasteiger partial charge in [-0.15, -0.1) is 5.10 Å². The monoisotopic (exact) mass is 424 g/mol. The maximum absolute atomic E-state index is 15.0. The number of aliphatic hydroxyl groups is 1. The van der Waals surface area contributed by atoms with E-state index in [2.05, 4.69) is 15.4 Å². The highest BCUT2D eigenvalue weighted by Crippen LogP contribution is 2.33. The molecule has 2 atom stereocenters. The maximum atomic E-state index is 15.0. The van der Waals surface area contributed by atoms with Gasteiger partial charge in [-0.25, -0.2) is 4.39 Å². The summed E-state index contributed by atoms with van der Waals surface area (Å²) in [5.41, 5.74) is 4.02. The summed E-state index contributed by atoms with van der Waals surface area (Å²) >= 11 is 0. The molecule has 0 aliphatic carbocycles. The van der Waals surface area contributed by atoms with Crippen LogP contribution < -0.4 is 9.80 Å². The second kappa shape index (κ2) is 7.71. The molecule has 1 unspecified atom stereocenters. The van der Waals surface area contributed by atoms with Crippen molar-refractivity contribution in [2.45, 2.75) is 25.4 Å². The van der Waals surface area contributed by atoms with E-state index in [-0.39, 0.29) is 12.4 Å². The van der Waals surface area contributed by atoms with Crippen molar-refractivity contribution in [1.82, 2.24) is 20.2 Å². The van der Waals surface area contributed by atoms with Gasteiger partial charge in [0.25, 0.3) is 5.95 Å². The number of rotatable bonds is 5. The SMILES string of the molecule is Cn1nnc(N2Cc3ccc(-c4ccc(N5C[C@H](CO)OC5C=O)cc4F)cc3C2)n1. The number of hydrogen-bond donors (Lipinski definition) is 1. The fourth-order valence-electron chi connectivity index (χ4n) is 4.12. The number of aldehydes is 1. The summed E-state index contributed by atoms with van der Waals surface area (Å²) in [6.07, 6.45) is -0.649. The van der Waals surface area contributed by atoms with Gasteiger partial charge in [-0.2, -0.15) is 4.80 Å². The molecule has 31 heavy (non-hydrogen) atoms. The zero-order valence-corrected chi connectivity index (χ0v) is 16.8. The third kappa shape index (κ3) is 3.53. The number of benzene rings is 2. The van der Waals surface area contributed by atoms with Crippen molar-refractivity contribution in [3.05, 3.63) is 53.3 Å². The minimum Gasteiger partial charge on any atom is -0.394 e. The van der Waals surface area contributed by atoms with E-state index < -0.39 is 12.3 Å². The fraction of sp³-hybridized carbons (Fsp3) is 0.333. The van der Waals surface area contributed by atoms with Crippen molar-refractivity contribution >= 4 is 17.9 Å². The normalized spacial score (nSPS) is 20.4. The number of fused-ring (bicyclic) bond motifs is 1. The van der Waals surface area contributed by atoms with Crippen LogP contribution >= 0.6 is 0 Å². The molecular weight excluding hydrogens is 403 g/mol. The van der Waals surface area contributed by atoms with E-state index in [9.17, 15) is 9.90 Å². The molecule has 1 saturated heterocycles. The predicted octanol–water partition coefficient (Wildman–Crippen LogP) is 1.26. The van der Waals surface area contributed by atoms with Gasteiger partial charge in [0, 0.05) is 30.9 Å². The quantitative estimate of drug-likeness (QED) is 0.612. The number of anilines is 2. The highest BCUT2D eigenvalue weighted by molar-refractivity contribution is 5.71. The van der Waals surface area contributed by atoms with Gasteiger partial charge in [0.1, 0.15) is 11.9 Å². The lowest BCUT2D eigenvalue weighted by Gasteiger charge is -2.21. The van der Waals surface area contributed by atoms with E-state index >= 15 is 4.39 Å². The average Bonchev–Trinajstić information content (AvgIpc) is 3.50. The van der Waals surface area contributed by atoms with Gasteiger partial charge in [-0.1, -0.05) is 17.2 Å². The summed E-state index contributed by atoms with van der Waals surface area (Å²) in [7, 11) is 1.72. The summed E-state index contributed by atoms with van der Waals surface area (Å²) in [5.74, 6) is 0.175. The average molecular weight is 424 g/mol. The number of carbonyl (C=O) groups is 1. The Kier molecular flexibility index (Phi) is 4.87. The summed E-state index contributed by atoms with van der Waals surface area (Å²) in [6, 6.07) is 10.8. The van der Waals surface area contributed by atoms with Gasteiger partial charge in [-0.05, 0) is 46.2 Å². The number of nitrogens with zero attached hydrogens (tertiary/aromatic N) is 6. The summed E-state index contributed by atoms with van der Waals surface area (Å²) in [5, 5.41) is 21.5. The first kappa shape index (κ1) is 19.6. The number of halogens is 1. The second-order valence-corrected chi connectivity index (χ2v) is 7.70. The first-order valence-electron chi connectivity index (χ1n) is 9.94. The van der Waals surface area contributed by atoms with Crippen LogP contribution in [0.5, 0.6) is 0 Å². The van der Waals surface area contributed by atoms with Crippen LogP contribution in [0.25, 0.3) is 11.1 Å². The zero-order valence-electron chi connectivity index (χ0n) is 16.8. The zero-order chi connectivity index (χ0) is 21.5. The Morgan fingerprint density at radius 3 is 2.77 bits per heavy atom. The number of aryl methyl sites for hydroxylation is 1. The van der Waals surface area contributed by atoms with Crippen LogP contribution in [0.1, 0.15) is 11.1 Å². The number of hydrogen-bond acceptors (Lipinski definition) is 8. The lowest BCUT2D eigenvalue weighted by Crippen LogP contribution is -2.31. The Hall–Kier alpha value is -3.37. The van der Waals surface area contributed by atoms with E-state index in [1.165, 1.54) is 10.9 Å². The molecule has 160 valence electrons. The summed E-state index contributed by atoms with van der Waals surface area (Å²) in [4.78, 5) is 16.4. The molecule has 2 aromatic carbocycles. The van der Waals surface area contributed by atoms with Crippen molar-refractivity contribution in [2.24, 2.45) is 7.05 Å². The van der Waals surface area contributed by atoms with E-state index in [1.807, 2.05) is 23.1 Å². The molecule has 10 heteroatoms. The molecule has 1 N–H and O–H groups in total. The van der Waals surface area contributed by atoms with E-state index in [0.29, 0.717) is 43.1 Å². The number of carbonyl (C=O) groups excluding carboxylic acids is 1. The Balaban J connectivity index is 1.39. The van der Waals surface area contributed by atoms with Gasteiger partial charge in [0.15, 0.2) is 12.5 Å². The topological polar surface area (TPSA) is 96.6 Å². The van der Waals surface area contributed by atoms with Gasteiger partial charge in [-0.3, -0.25) is 4.79 Å². The maximum Gasteiger partial charge on any atom is 0.266 e. The highest BCUT2D eigenvalue weighted by atomic mass is 19.1. The predicted molar refractivity (Wildman–Crippen MR) is 110 cm³/mol. The van der Waals surface area contributed by atoms with E-state index in [1.54, 1.807) is 24.1 Å². The molecule has 3 heterocycles. The number of aliphatic hydroxyl groups excluding tert-OH is 1. The van der Waals surface area contributed by atoms with Gasteiger partial charge in [0.2, 0.25) is 0 Å². The van der Waals surface area contributed by atoms with Crippen molar-refractivity contribution in [1.29, 1.82) is 0 Å². The van der Waals surface area contributed by atoms with Gasteiger partial charge in [0.05, 0.1) is 13.7 Å². The Bertz CT molecular complexity index is 1140. The summed E-state index contributed by atoms with van der Waals surface area (Å²) < 4.78 is 20.5. The molecule has 0 bridgehead atoms. The number of ether oxygens (including phenoxy) is 1. The van der Waals surface area contributed by atoms with Crippen molar-refractivity contribution < 1.29 is 19.0 Å². The molecule has 1 aromatic heterocycles. The molecule has 9 nitrogen and oxygen atoms in total. The molecule has 0 radical (unpaired) electrons. The van der Waals surface area contributed by atoms with Crippen LogP contribution in [0, 0.1) is 5.82 Å². The standard InChI is InChI=1S/C21H21FN6O3/c1-26-24-21(23-25-26)27-8-14-3-2-13(6-15(14)9-27)18-5-4-16(7-19(18)22)28-10-17(11-29)31-20(28)12-30/h2-7,12,17,20,29H,8-11H2,1H3/t17-,20?/m1/s1.